The van der Waals surface area contributed by atoms with Gasteiger partial charge in [-0.15, -0.1) is 0 Å². The SMILES string of the molecule is CS(=O)(=O)Oc1ccc(C(F)(F)F)cc1N. The molecule has 0 heterocycles. The lowest BCUT2D eigenvalue weighted by molar-refractivity contribution is -0.137. The summed E-state index contributed by atoms with van der Waals surface area (Å²) in [4.78, 5) is 0. The van der Waals surface area contributed by atoms with Gasteiger partial charge in [-0.3, -0.25) is 0 Å². The molecule has 0 radical (unpaired) electrons. The van der Waals surface area contributed by atoms with Gasteiger partial charge in [0, 0.05) is 0 Å². The summed E-state index contributed by atoms with van der Waals surface area (Å²) in [7, 11) is -3.81. The Balaban J connectivity index is 3.11. The fourth-order valence-corrected chi connectivity index (χ4v) is 1.44. The van der Waals surface area contributed by atoms with Crippen molar-refractivity contribution in [3.05, 3.63) is 23.8 Å². The van der Waals surface area contributed by atoms with Crippen LogP contribution in [0, 0.1) is 0 Å². The van der Waals surface area contributed by atoms with E-state index in [2.05, 4.69) is 4.18 Å². The molecule has 1 rings (SSSR count). The summed E-state index contributed by atoms with van der Waals surface area (Å²) in [6.45, 7) is 0. The molecule has 0 unspecified atom stereocenters. The summed E-state index contributed by atoms with van der Waals surface area (Å²) in [6.07, 6.45) is -3.76. The van der Waals surface area contributed by atoms with Crippen molar-refractivity contribution in [2.45, 2.75) is 6.18 Å². The number of nitrogens with two attached hydrogens (primary N) is 1. The number of nitrogen functional groups attached to an aromatic ring is 1. The molecule has 1 aromatic carbocycles. The van der Waals surface area contributed by atoms with E-state index in [4.69, 9.17) is 5.73 Å². The second kappa shape index (κ2) is 3.85. The summed E-state index contributed by atoms with van der Waals surface area (Å²) in [6, 6.07) is 2.16. The van der Waals surface area contributed by atoms with Gasteiger partial charge in [-0.2, -0.15) is 21.6 Å². The van der Waals surface area contributed by atoms with Crippen LogP contribution in [0.3, 0.4) is 0 Å². The molecule has 90 valence electrons. The zero-order chi connectivity index (χ0) is 12.6. The Morgan fingerprint density at radius 3 is 2.25 bits per heavy atom. The summed E-state index contributed by atoms with van der Waals surface area (Å²) in [5.41, 5.74) is 3.88. The molecule has 0 amide bonds. The van der Waals surface area contributed by atoms with Crippen LogP contribution in [0.15, 0.2) is 18.2 Å². The maximum atomic E-state index is 12.2. The topological polar surface area (TPSA) is 69.4 Å². The van der Waals surface area contributed by atoms with Crippen molar-refractivity contribution in [1.29, 1.82) is 0 Å². The normalized spacial score (nSPS) is 12.5. The van der Waals surface area contributed by atoms with Crippen LogP contribution in [0.1, 0.15) is 5.56 Å². The van der Waals surface area contributed by atoms with Crippen LogP contribution in [-0.4, -0.2) is 14.7 Å². The van der Waals surface area contributed by atoms with Crippen molar-refractivity contribution >= 4 is 15.8 Å². The lowest BCUT2D eigenvalue weighted by atomic mass is 10.2. The molecule has 8 heteroatoms. The first-order chi connectivity index (χ1) is 7.09. The van der Waals surface area contributed by atoms with Crippen LogP contribution in [-0.2, 0) is 16.3 Å². The molecule has 2 N–H and O–H groups in total. The van der Waals surface area contributed by atoms with E-state index in [-0.39, 0.29) is 11.4 Å². The number of anilines is 1. The van der Waals surface area contributed by atoms with Gasteiger partial charge in [0.1, 0.15) is 0 Å². The molecule has 0 spiro atoms. The summed E-state index contributed by atoms with van der Waals surface area (Å²) in [5.74, 6) is -0.324. The highest BCUT2D eigenvalue weighted by atomic mass is 32.2. The Hall–Kier alpha value is -1.44. The fourth-order valence-electron chi connectivity index (χ4n) is 0.964. The molecule has 4 nitrogen and oxygen atoms in total. The third kappa shape index (κ3) is 3.30. The van der Waals surface area contributed by atoms with Crippen molar-refractivity contribution < 1.29 is 25.8 Å². The van der Waals surface area contributed by atoms with E-state index < -0.39 is 21.9 Å². The van der Waals surface area contributed by atoms with Gasteiger partial charge in [0.15, 0.2) is 5.75 Å². The molecule has 0 fully saturated rings. The van der Waals surface area contributed by atoms with Gasteiger partial charge < -0.3 is 9.92 Å². The Morgan fingerprint density at radius 1 is 1.31 bits per heavy atom. The van der Waals surface area contributed by atoms with E-state index in [1.165, 1.54) is 0 Å². The zero-order valence-corrected chi connectivity index (χ0v) is 8.89. The van der Waals surface area contributed by atoms with E-state index in [0.717, 1.165) is 12.3 Å². The Labute approximate surface area is 89.9 Å². The molecule has 0 aromatic heterocycles. The molecule has 0 saturated heterocycles. The van der Waals surface area contributed by atoms with Gasteiger partial charge in [-0.1, -0.05) is 0 Å². The molecule has 0 saturated carbocycles. The smallest absolute Gasteiger partial charge is 0.396 e. The minimum absolute atomic E-state index is 0.324. The van der Waals surface area contributed by atoms with E-state index in [0.29, 0.717) is 12.1 Å². The van der Waals surface area contributed by atoms with Crippen LogP contribution in [0.5, 0.6) is 5.75 Å². The van der Waals surface area contributed by atoms with Crippen molar-refractivity contribution in [1.82, 2.24) is 0 Å². The molecular weight excluding hydrogens is 247 g/mol. The van der Waals surface area contributed by atoms with Crippen LogP contribution in [0.2, 0.25) is 0 Å². The molecular formula is C8H8F3NO3S. The molecule has 0 atom stereocenters. The van der Waals surface area contributed by atoms with Gasteiger partial charge in [0.25, 0.3) is 0 Å². The van der Waals surface area contributed by atoms with Gasteiger partial charge in [0.05, 0.1) is 17.5 Å². The Kier molecular flexibility index (Phi) is 3.04. The molecule has 0 aliphatic carbocycles. The van der Waals surface area contributed by atoms with Gasteiger partial charge in [0.2, 0.25) is 0 Å². The third-order valence-corrected chi connectivity index (χ3v) is 2.06. The minimum Gasteiger partial charge on any atom is -0.396 e. The largest absolute Gasteiger partial charge is 0.416 e. The predicted molar refractivity (Wildman–Crippen MR) is 51.3 cm³/mol. The monoisotopic (exact) mass is 255 g/mol. The standard InChI is InChI=1S/C8H8F3NO3S/c1-16(13,14)15-7-3-2-5(4-6(7)12)8(9,10)11/h2-4H,12H2,1H3. The van der Waals surface area contributed by atoms with Gasteiger partial charge >= 0.3 is 16.3 Å². The van der Waals surface area contributed by atoms with Gasteiger partial charge in [-0.05, 0) is 18.2 Å². The zero-order valence-electron chi connectivity index (χ0n) is 8.08. The molecule has 0 aliphatic rings. The lowest BCUT2D eigenvalue weighted by Crippen LogP contribution is -2.10. The van der Waals surface area contributed by atoms with E-state index in [9.17, 15) is 21.6 Å². The minimum atomic E-state index is -4.53. The summed E-state index contributed by atoms with van der Waals surface area (Å²) >= 11 is 0. The maximum absolute atomic E-state index is 12.2. The first-order valence-corrected chi connectivity index (χ1v) is 5.77. The Morgan fingerprint density at radius 2 is 1.88 bits per heavy atom. The number of halogens is 3. The highest BCUT2D eigenvalue weighted by Crippen LogP contribution is 2.33. The second-order valence-electron chi connectivity index (χ2n) is 3.04. The number of benzene rings is 1. The van der Waals surface area contributed by atoms with Crippen molar-refractivity contribution in [2.24, 2.45) is 0 Å². The number of hydrogen-bond donors (Lipinski definition) is 1. The fraction of sp³-hybridized carbons (Fsp3) is 0.250. The summed E-state index contributed by atoms with van der Waals surface area (Å²) in [5, 5.41) is 0. The van der Waals surface area contributed by atoms with Crippen molar-refractivity contribution in [2.75, 3.05) is 12.0 Å². The quantitative estimate of drug-likeness (QED) is 0.644. The third-order valence-electron chi connectivity index (χ3n) is 1.58. The number of rotatable bonds is 2. The number of hydrogen-bond acceptors (Lipinski definition) is 4. The average molecular weight is 255 g/mol. The Bertz CT molecular complexity index is 496. The maximum Gasteiger partial charge on any atom is 0.416 e. The highest BCUT2D eigenvalue weighted by Gasteiger charge is 2.31. The van der Waals surface area contributed by atoms with E-state index in [1.54, 1.807) is 0 Å². The predicted octanol–water partition coefficient (Wildman–Crippen LogP) is 1.63. The molecule has 0 aliphatic heterocycles. The van der Waals surface area contributed by atoms with Gasteiger partial charge in [-0.25, -0.2) is 0 Å². The molecule has 1 aromatic rings. The molecule has 16 heavy (non-hydrogen) atoms. The van der Waals surface area contributed by atoms with Crippen LogP contribution < -0.4 is 9.92 Å². The number of alkyl halides is 3. The second-order valence-corrected chi connectivity index (χ2v) is 4.61. The van der Waals surface area contributed by atoms with Crippen molar-refractivity contribution in [3.8, 4) is 5.75 Å². The van der Waals surface area contributed by atoms with Crippen molar-refractivity contribution in [3.63, 3.8) is 0 Å². The molecule has 0 bridgehead atoms. The van der Waals surface area contributed by atoms with Crippen LogP contribution in [0.4, 0.5) is 18.9 Å². The first kappa shape index (κ1) is 12.6. The van der Waals surface area contributed by atoms with E-state index in [1.807, 2.05) is 0 Å². The van der Waals surface area contributed by atoms with Crippen LogP contribution in [0.25, 0.3) is 0 Å². The van der Waals surface area contributed by atoms with E-state index >= 15 is 0 Å². The summed E-state index contributed by atoms with van der Waals surface area (Å²) < 4.78 is 62.5. The van der Waals surface area contributed by atoms with Crippen LogP contribution >= 0.6 is 0 Å². The lowest BCUT2D eigenvalue weighted by Gasteiger charge is -2.10. The first-order valence-electron chi connectivity index (χ1n) is 3.96. The average Bonchev–Trinajstić information content (AvgIpc) is 2.04. The highest BCUT2D eigenvalue weighted by molar-refractivity contribution is 7.86.